The molecule has 0 aliphatic carbocycles. The number of non-ortho nitro benzene ring substituents is 1. The Hall–Kier alpha value is -1.46. The van der Waals surface area contributed by atoms with Gasteiger partial charge in [-0.15, -0.1) is 0 Å². The van der Waals surface area contributed by atoms with Gasteiger partial charge in [0.1, 0.15) is 0 Å². The number of hydrogen-bond donors (Lipinski definition) is 0. The average molecular weight is 264 g/mol. The molecule has 0 spiro atoms. The molecule has 1 aromatic carbocycles. The van der Waals surface area contributed by atoms with Crippen LogP contribution in [-0.4, -0.2) is 35.1 Å². The molecule has 5 heteroatoms. The average Bonchev–Trinajstić information content (AvgIpc) is 2.38. The van der Waals surface area contributed by atoms with Crippen LogP contribution in [0, 0.1) is 10.1 Å². The van der Waals surface area contributed by atoms with Gasteiger partial charge in [-0.2, -0.15) is 0 Å². The van der Waals surface area contributed by atoms with Gasteiger partial charge in [0.15, 0.2) is 0 Å². The van der Waals surface area contributed by atoms with Gasteiger partial charge in [0.25, 0.3) is 5.69 Å². The van der Waals surface area contributed by atoms with E-state index < -0.39 is 0 Å². The first kappa shape index (κ1) is 14.0. The van der Waals surface area contributed by atoms with E-state index in [-0.39, 0.29) is 22.3 Å². The number of rotatable bonds is 2. The van der Waals surface area contributed by atoms with Crippen molar-refractivity contribution in [1.29, 1.82) is 0 Å². The van der Waals surface area contributed by atoms with Crippen LogP contribution in [0.4, 0.5) is 5.69 Å². The second kappa shape index (κ2) is 5.27. The third kappa shape index (κ3) is 3.30. The number of hydrogen-bond acceptors (Lipinski definition) is 4. The standard InChI is InChI=1S/C14H20N2O3/c1-14(2,3)15-8-9-19-13(10-15)11-4-6-12(7-5-11)16(17)18/h4-7,13H,8-10H2,1-3H3/t13-/m1/s1. The number of nitro groups is 1. The van der Waals surface area contributed by atoms with Crippen molar-refractivity contribution in [1.82, 2.24) is 4.90 Å². The fraction of sp³-hybridized carbons (Fsp3) is 0.571. The Labute approximate surface area is 113 Å². The molecule has 1 aliphatic rings. The van der Waals surface area contributed by atoms with Gasteiger partial charge in [-0.3, -0.25) is 15.0 Å². The Morgan fingerprint density at radius 2 is 1.95 bits per heavy atom. The van der Waals surface area contributed by atoms with Gasteiger partial charge >= 0.3 is 0 Å². The van der Waals surface area contributed by atoms with Crippen LogP contribution < -0.4 is 0 Å². The molecule has 2 rings (SSSR count). The van der Waals surface area contributed by atoms with E-state index >= 15 is 0 Å². The van der Waals surface area contributed by atoms with Crippen LogP contribution in [0.5, 0.6) is 0 Å². The summed E-state index contributed by atoms with van der Waals surface area (Å²) in [5, 5.41) is 10.6. The van der Waals surface area contributed by atoms with Crippen LogP contribution in [0.25, 0.3) is 0 Å². The molecule has 5 nitrogen and oxygen atoms in total. The summed E-state index contributed by atoms with van der Waals surface area (Å²) in [6, 6.07) is 6.65. The largest absolute Gasteiger partial charge is 0.371 e. The van der Waals surface area contributed by atoms with Crippen LogP contribution in [0.2, 0.25) is 0 Å². The van der Waals surface area contributed by atoms with E-state index in [4.69, 9.17) is 4.74 Å². The Bertz CT molecular complexity index is 451. The highest BCUT2D eigenvalue weighted by molar-refractivity contribution is 5.34. The summed E-state index contributed by atoms with van der Waals surface area (Å²) in [6.45, 7) is 8.99. The minimum absolute atomic E-state index is 0.00576. The number of ether oxygens (including phenoxy) is 1. The quantitative estimate of drug-likeness (QED) is 0.609. The van der Waals surface area contributed by atoms with Crippen molar-refractivity contribution in [3.05, 3.63) is 39.9 Å². The number of nitro benzene ring substituents is 1. The molecule has 1 saturated heterocycles. The summed E-state index contributed by atoms with van der Waals surface area (Å²) < 4.78 is 5.78. The van der Waals surface area contributed by atoms with E-state index in [1.165, 1.54) is 12.1 Å². The summed E-state index contributed by atoms with van der Waals surface area (Å²) in [5.41, 5.74) is 1.23. The molecular formula is C14H20N2O3. The number of nitrogens with zero attached hydrogens (tertiary/aromatic N) is 2. The molecular weight excluding hydrogens is 244 g/mol. The van der Waals surface area contributed by atoms with Gasteiger partial charge in [-0.1, -0.05) is 0 Å². The Kier molecular flexibility index (Phi) is 3.87. The first-order chi connectivity index (χ1) is 8.88. The highest BCUT2D eigenvalue weighted by Crippen LogP contribution is 2.27. The summed E-state index contributed by atoms with van der Waals surface area (Å²) in [6.07, 6.45) is -0.00576. The van der Waals surface area contributed by atoms with Crippen molar-refractivity contribution in [2.24, 2.45) is 0 Å². The van der Waals surface area contributed by atoms with Gasteiger partial charge < -0.3 is 4.74 Å². The molecule has 0 bridgehead atoms. The summed E-state index contributed by atoms with van der Waals surface area (Å²) in [5.74, 6) is 0. The predicted octanol–water partition coefficient (Wildman–Crippen LogP) is 2.77. The monoisotopic (exact) mass is 264 g/mol. The van der Waals surface area contributed by atoms with Crippen molar-refractivity contribution in [2.45, 2.75) is 32.4 Å². The van der Waals surface area contributed by atoms with E-state index in [1.54, 1.807) is 12.1 Å². The maximum absolute atomic E-state index is 10.6. The molecule has 1 fully saturated rings. The molecule has 1 heterocycles. The van der Waals surface area contributed by atoms with E-state index in [0.29, 0.717) is 6.61 Å². The molecule has 0 amide bonds. The van der Waals surface area contributed by atoms with Crippen molar-refractivity contribution < 1.29 is 9.66 Å². The number of morpholine rings is 1. The van der Waals surface area contributed by atoms with Gasteiger partial charge in [-0.25, -0.2) is 0 Å². The molecule has 1 aliphatic heterocycles. The Morgan fingerprint density at radius 1 is 1.32 bits per heavy atom. The van der Waals surface area contributed by atoms with E-state index in [2.05, 4.69) is 25.7 Å². The molecule has 1 aromatic rings. The summed E-state index contributed by atoms with van der Waals surface area (Å²) in [4.78, 5) is 12.6. The lowest BCUT2D eigenvalue weighted by Gasteiger charge is -2.41. The minimum Gasteiger partial charge on any atom is -0.371 e. The third-order valence-electron chi connectivity index (χ3n) is 3.49. The van der Waals surface area contributed by atoms with Crippen LogP contribution in [0.15, 0.2) is 24.3 Å². The van der Waals surface area contributed by atoms with Crippen molar-refractivity contribution in [3.63, 3.8) is 0 Å². The highest BCUT2D eigenvalue weighted by Gasteiger charge is 2.29. The third-order valence-corrected chi connectivity index (χ3v) is 3.49. The zero-order chi connectivity index (χ0) is 14.0. The van der Waals surface area contributed by atoms with E-state index in [1.807, 2.05) is 0 Å². The van der Waals surface area contributed by atoms with Gasteiger partial charge in [-0.05, 0) is 38.5 Å². The molecule has 1 atom stereocenters. The second-order valence-electron chi connectivity index (χ2n) is 5.82. The lowest BCUT2D eigenvalue weighted by Crippen LogP contribution is -2.48. The topological polar surface area (TPSA) is 55.6 Å². The first-order valence-corrected chi connectivity index (χ1v) is 6.49. The lowest BCUT2D eigenvalue weighted by molar-refractivity contribution is -0.384. The van der Waals surface area contributed by atoms with Crippen LogP contribution in [0.1, 0.15) is 32.4 Å². The zero-order valence-electron chi connectivity index (χ0n) is 11.6. The molecule has 0 aromatic heterocycles. The molecule has 104 valence electrons. The smallest absolute Gasteiger partial charge is 0.269 e. The van der Waals surface area contributed by atoms with Crippen molar-refractivity contribution in [3.8, 4) is 0 Å². The van der Waals surface area contributed by atoms with E-state index in [0.717, 1.165) is 18.7 Å². The van der Waals surface area contributed by atoms with Crippen LogP contribution >= 0.6 is 0 Å². The maximum Gasteiger partial charge on any atom is 0.269 e. The fourth-order valence-corrected chi connectivity index (χ4v) is 2.27. The Morgan fingerprint density at radius 3 is 2.47 bits per heavy atom. The molecule has 0 radical (unpaired) electrons. The van der Waals surface area contributed by atoms with Gasteiger partial charge in [0.05, 0.1) is 17.6 Å². The zero-order valence-corrected chi connectivity index (χ0v) is 11.6. The number of benzene rings is 1. The normalized spacial score (nSPS) is 21.3. The second-order valence-corrected chi connectivity index (χ2v) is 5.82. The van der Waals surface area contributed by atoms with Crippen LogP contribution in [-0.2, 0) is 4.74 Å². The van der Waals surface area contributed by atoms with Crippen molar-refractivity contribution >= 4 is 5.69 Å². The molecule has 0 N–H and O–H groups in total. The fourth-order valence-electron chi connectivity index (χ4n) is 2.27. The summed E-state index contributed by atoms with van der Waals surface area (Å²) in [7, 11) is 0. The lowest BCUT2D eigenvalue weighted by atomic mass is 10.0. The SMILES string of the molecule is CC(C)(C)N1CCO[C@@H](c2ccc([N+](=O)[O-])cc2)C1. The Balaban J connectivity index is 2.11. The van der Waals surface area contributed by atoms with Crippen molar-refractivity contribution in [2.75, 3.05) is 19.7 Å². The first-order valence-electron chi connectivity index (χ1n) is 6.49. The summed E-state index contributed by atoms with van der Waals surface area (Å²) >= 11 is 0. The molecule has 0 saturated carbocycles. The van der Waals surface area contributed by atoms with Crippen LogP contribution in [0.3, 0.4) is 0 Å². The van der Waals surface area contributed by atoms with Gasteiger partial charge in [0, 0.05) is 30.8 Å². The molecule has 0 unspecified atom stereocenters. The maximum atomic E-state index is 10.6. The molecule has 19 heavy (non-hydrogen) atoms. The van der Waals surface area contributed by atoms with E-state index in [9.17, 15) is 10.1 Å². The highest BCUT2D eigenvalue weighted by atomic mass is 16.6. The predicted molar refractivity (Wildman–Crippen MR) is 73.1 cm³/mol. The van der Waals surface area contributed by atoms with Gasteiger partial charge in [0.2, 0.25) is 0 Å². The minimum atomic E-state index is -0.382.